The van der Waals surface area contributed by atoms with Crippen LogP contribution in [0.1, 0.15) is 20.8 Å². The monoisotopic (exact) mass is 460 g/mol. The van der Waals surface area contributed by atoms with Crippen molar-refractivity contribution in [1.29, 1.82) is 0 Å². The van der Waals surface area contributed by atoms with E-state index in [-0.39, 0.29) is 11.6 Å². The van der Waals surface area contributed by atoms with E-state index in [1.165, 1.54) is 32.9 Å². The Kier molecular flexibility index (Phi) is 6.06. The molecular formula is C21H20N2O8S. The summed E-state index contributed by atoms with van der Waals surface area (Å²) in [5, 5.41) is 5.16. The summed E-state index contributed by atoms with van der Waals surface area (Å²) in [4.78, 5) is 34.7. The van der Waals surface area contributed by atoms with Crippen LogP contribution in [-0.4, -0.2) is 36.6 Å². The van der Waals surface area contributed by atoms with Crippen molar-refractivity contribution >= 4 is 39.3 Å². The maximum atomic E-state index is 12.0. The fourth-order valence-corrected chi connectivity index (χ4v) is 3.59. The van der Waals surface area contributed by atoms with E-state index in [0.29, 0.717) is 16.8 Å². The maximum Gasteiger partial charge on any atom is 0.350 e. The number of amides is 1. The van der Waals surface area contributed by atoms with Crippen LogP contribution in [0.2, 0.25) is 0 Å². The quantitative estimate of drug-likeness (QED) is 0.265. The van der Waals surface area contributed by atoms with Crippen molar-refractivity contribution in [3.05, 3.63) is 54.2 Å². The summed E-state index contributed by atoms with van der Waals surface area (Å²) in [7, 11) is -4.67. The predicted molar refractivity (Wildman–Crippen MR) is 114 cm³/mol. The lowest BCUT2D eigenvalue weighted by atomic mass is 10.0. The zero-order chi connectivity index (χ0) is 23.7. The van der Waals surface area contributed by atoms with Crippen LogP contribution in [0.4, 0.5) is 11.4 Å². The smallest absolute Gasteiger partial charge is 0.350 e. The van der Waals surface area contributed by atoms with Gasteiger partial charge in [-0.1, -0.05) is 18.2 Å². The van der Waals surface area contributed by atoms with Gasteiger partial charge in [-0.25, -0.2) is 9.59 Å². The standard InChI is InChI=1S/C21H20N2O8S/c1-12(24)23-15-7-4-13(5-8-15)14-6-9-17(18(10-14)32(27,28)29)22-11-16-19(25)30-21(2,3)31-20(16)26/h4-11,22H,1-3H3,(H,23,24)(H,27,28,29). The molecule has 32 heavy (non-hydrogen) atoms. The van der Waals surface area contributed by atoms with Crippen LogP contribution in [0, 0.1) is 0 Å². The molecule has 1 amide bonds. The average Bonchev–Trinajstić information content (AvgIpc) is 2.66. The minimum absolute atomic E-state index is 0.0796. The second kappa shape index (κ2) is 8.44. The Morgan fingerprint density at radius 1 is 1.00 bits per heavy atom. The summed E-state index contributed by atoms with van der Waals surface area (Å²) < 4.78 is 43.5. The fourth-order valence-electron chi connectivity index (χ4n) is 2.91. The zero-order valence-electron chi connectivity index (χ0n) is 17.3. The van der Waals surface area contributed by atoms with E-state index in [1.807, 2.05) is 0 Å². The second-order valence-electron chi connectivity index (χ2n) is 7.33. The Bertz CT molecular complexity index is 1210. The molecule has 1 heterocycles. The number of cyclic esters (lactones) is 2. The number of anilines is 2. The van der Waals surface area contributed by atoms with Crippen molar-refractivity contribution in [3.8, 4) is 11.1 Å². The Hall–Kier alpha value is -3.70. The highest BCUT2D eigenvalue weighted by Crippen LogP contribution is 2.30. The summed E-state index contributed by atoms with van der Waals surface area (Å²) in [5.41, 5.74) is 1.10. The number of esters is 2. The topological polar surface area (TPSA) is 148 Å². The summed E-state index contributed by atoms with van der Waals surface area (Å²) in [6, 6.07) is 10.8. The molecule has 11 heteroatoms. The highest BCUT2D eigenvalue weighted by Gasteiger charge is 2.39. The van der Waals surface area contributed by atoms with Crippen LogP contribution in [0.15, 0.2) is 59.1 Å². The van der Waals surface area contributed by atoms with Gasteiger partial charge in [0.15, 0.2) is 5.57 Å². The second-order valence-corrected chi connectivity index (χ2v) is 8.72. The molecule has 0 saturated carbocycles. The first-order chi connectivity index (χ1) is 14.9. The van der Waals surface area contributed by atoms with E-state index in [1.54, 1.807) is 30.3 Å². The van der Waals surface area contributed by atoms with E-state index >= 15 is 0 Å². The van der Waals surface area contributed by atoms with Crippen LogP contribution in [0.5, 0.6) is 0 Å². The third kappa shape index (κ3) is 5.31. The van der Waals surface area contributed by atoms with E-state index < -0.39 is 38.3 Å². The van der Waals surface area contributed by atoms with Gasteiger partial charge in [-0.05, 0) is 35.4 Å². The number of hydrogen-bond donors (Lipinski definition) is 3. The normalized spacial score (nSPS) is 15.4. The Balaban J connectivity index is 1.92. The van der Waals surface area contributed by atoms with Crippen LogP contribution in [-0.2, 0) is 34.0 Å². The molecule has 0 bridgehead atoms. The van der Waals surface area contributed by atoms with E-state index in [4.69, 9.17) is 9.47 Å². The van der Waals surface area contributed by atoms with Gasteiger partial charge in [0, 0.05) is 32.7 Å². The van der Waals surface area contributed by atoms with Gasteiger partial charge in [0.25, 0.3) is 15.9 Å². The number of nitrogens with one attached hydrogen (secondary N) is 2. The first kappa shape index (κ1) is 23.0. The van der Waals surface area contributed by atoms with Crippen molar-refractivity contribution < 1.29 is 36.8 Å². The number of carbonyl (C=O) groups excluding carboxylic acids is 3. The molecule has 2 aromatic rings. The lowest BCUT2D eigenvalue weighted by Crippen LogP contribution is -2.42. The van der Waals surface area contributed by atoms with Gasteiger partial charge in [0.2, 0.25) is 5.91 Å². The molecule has 1 aliphatic rings. The molecule has 1 fully saturated rings. The summed E-state index contributed by atoms with van der Waals surface area (Å²) in [6.07, 6.45) is 0.950. The summed E-state index contributed by atoms with van der Waals surface area (Å²) in [5.74, 6) is -3.53. The minimum atomic E-state index is -4.67. The number of hydrogen-bond acceptors (Lipinski definition) is 8. The molecule has 1 saturated heterocycles. The Morgan fingerprint density at radius 3 is 2.09 bits per heavy atom. The minimum Gasteiger partial charge on any atom is -0.419 e. The van der Waals surface area contributed by atoms with Crippen molar-refractivity contribution in [2.24, 2.45) is 0 Å². The van der Waals surface area contributed by atoms with Crippen LogP contribution in [0.25, 0.3) is 11.1 Å². The number of rotatable bonds is 5. The largest absolute Gasteiger partial charge is 0.419 e. The Labute approximate surface area is 184 Å². The van der Waals surface area contributed by atoms with E-state index in [0.717, 1.165) is 6.20 Å². The first-order valence-corrected chi connectivity index (χ1v) is 10.7. The molecule has 0 radical (unpaired) electrons. The molecule has 10 nitrogen and oxygen atoms in total. The van der Waals surface area contributed by atoms with Gasteiger partial charge in [-0.3, -0.25) is 9.35 Å². The van der Waals surface area contributed by atoms with E-state index in [9.17, 15) is 27.4 Å². The average molecular weight is 460 g/mol. The van der Waals surface area contributed by atoms with Crippen molar-refractivity contribution in [2.45, 2.75) is 31.5 Å². The number of benzene rings is 2. The molecule has 0 atom stereocenters. The number of carbonyl (C=O) groups is 3. The SMILES string of the molecule is CC(=O)Nc1ccc(-c2ccc(NC=C3C(=O)OC(C)(C)OC3=O)c(S(=O)(=O)O)c2)cc1. The van der Waals surface area contributed by atoms with Gasteiger partial charge >= 0.3 is 11.9 Å². The zero-order valence-corrected chi connectivity index (χ0v) is 18.1. The molecule has 3 N–H and O–H groups in total. The van der Waals surface area contributed by atoms with Crippen molar-refractivity contribution in [1.82, 2.24) is 0 Å². The van der Waals surface area contributed by atoms with Crippen LogP contribution < -0.4 is 10.6 Å². The summed E-state index contributed by atoms with van der Waals surface area (Å²) >= 11 is 0. The van der Waals surface area contributed by atoms with Crippen LogP contribution in [0.3, 0.4) is 0 Å². The highest BCUT2D eigenvalue weighted by molar-refractivity contribution is 7.86. The van der Waals surface area contributed by atoms with Gasteiger partial charge in [-0.2, -0.15) is 8.42 Å². The van der Waals surface area contributed by atoms with Crippen molar-refractivity contribution in [2.75, 3.05) is 10.6 Å². The lowest BCUT2D eigenvalue weighted by Gasteiger charge is -2.29. The van der Waals surface area contributed by atoms with Crippen LogP contribution >= 0.6 is 0 Å². The van der Waals surface area contributed by atoms with Gasteiger partial charge < -0.3 is 20.1 Å². The number of ether oxygens (including phenoxy) is 2. The molecule has 0 aromatic heterocycles. The molecule has 3 rings (SSSR count). The maximum absolute atomic E-state index is 12.0. The Morgan fingerprint density at radius 2 is 1.56 bits per heavy atom. The fraction of sp³-hybridized carbons (Fsp3) is 0.190. The molecule has 2 aromatic carbocycles. The molecule has 0 unspecified atom stereocenters. The van der Waals surface area contributed by atoms with Gasteiger partial charge in [0.1, 0.15) is 4.90 Å². The van der Waals surface area contributed by atoms with E-state index in [2.05, 4.69) is 10.6 Å². The molecule has 0 spiro atoms. The summed E-state index contributed by atoms with van der Waals surface area (Å²) in [6.45, 7) is 4.16. The molecular weight excluding hydrogens is 440 g/mol. The van der Waals surface area contributed by atoms with Gasteiger partial charge in [0.05, 0.1) is 5.69 Å². The van der Waals surface area contributed by atoms with Gasteiger partial charge in [-0.15, -0.1) is 0 Å². The third-order valence-corrected chi connectivity index (χ3v) is 5.18. The third-order valence-electron chi connectivity index (χ3n) is 4.29. The molecule has 0 aliphatic carbocycles. The lowest BCUT2D eigenvalue weighted by molar-refractivity contribution is -0.222. The van der Waals surface area contributed by atoms with Crippen molar-refractivity contribution in [3.63, 3.8) is 0 Å². The molecule has 1 aliphatic heterocycles. The first-order valence-electron chi connectivity index (χ1n) is 9.29. The molecule has 168 valence electrons. The highest BCUT2D eigenvalue weighted by atomic mass is 32.2. The predicted octanol–water partition coefficient (Wildman–Crippen LogP) is 2.69.